The average Bonchev–Trinajstić information content (AvgIpc) is 3.48. The molecule has 4 aliphatic carbocycles. The summed E-state index contributed by atoms with van der Waals surface area (Å²) < 4.78 is 0. The van der Waals surface area contributed by atoms with E-state index in [4.69, 9.17) is 4.84 Å². The third-order valence-corrected chi connectivity index (χ3v) is 12.1. The number of hydroxylamine groups is 1. The Hall–Kier alpha value is -1.55. The molecule has 8 nitrogen and oxygen atoms in total. The maximum atomic E-state index is 14.1. The van der Waals surface area contributed by atoms with E-state index in [1.807, 2.05) is 0 Å². The van der Waals surface area contributed by atoms with Crippen LogP contribution >= 0.6 is 0 Å². The van der Waals surface area contributed by atoms with Crippen molar-refractivity contribution >= 4 is 5.91 Å². The second-order valence-corrected chi connectivity index (χ2v) is 15.1. The van der Waals surface area contributed by atoms with Gasteiger partial charge in [-0.05, 0) is 74.5 Å². The summed E-state index contributed by atoms with van der Waals surface area (Å²) >= 11 is 0. The van der Waals surface area contributed by atoms with Gasteiger partial charge in [0.25, 0.3) is 0 Å². The summed E-state index contributed by atoms with van der Waals surface area (Å²) in [5.41, 5.74) is 10.8. The number of amides is 1. The number of hydrogen-bond acceptors (Lipinski definition) is 7. The van der Waals surface area contributed by atoms with E-state index in [1.165, 1.54) is 107 Å². The lowest BCUT2D eigenvalue weighted by Crippen LogP contribution is -2.52. The van der Waals surface area contributed by atoms with Gasteiger partial charge in [-0.15, -0.1) is 0 Å². The van der Waals surface area contributed by atoms with Crippen LogP contribution in [0.3, 0.4) is 0 Å². The topological polar surface area (TPSA) is 97.9 Å². The molecule has 1 amide bonds. The molecule has 1 aromatic carbocycles. The summed E-state index contributed by atoms with van der Waals surface area (Å²) in [6.07, 6.45) is 22.8. The molecule has 44 heavy (non-hydrogen) atoms. The van der Waals surface area contributed by atoms with E-state index in [0.717, 1.165) is 45.2 Å². The molecule has 8 heteroatoms. The Kier molecular flexibility index (Phi) is 9.65. The smallest absolute Gasteiger partial charge is 0.226 e. The van der Waals surface area contributed by atoms with Crippen molar-refractivity contribution in [1.29, 1.82) is 0 Å². The molecule has 244 valence electrons. The first-order valence-electron chi connectivity index (χ1n) is 18.4. The predicted octanol–water partition coefficient (Wildman–Crippen LogP) is 5.68. The minimum Gasteiger partial charge on any atom is -0.396 e. The zero-order valence-corrected chi connectivity index (χ0v) is 26.9. The van der Waals surface area contributed by atoms with Crippen molar-refractivity contribution < 1.29 is 14.7 Å². The second kappa shape index (κ2) is 13.7. The van der Waals surface area contributed by atoms with Crippen LogP contribution in [0.1, 0.15) is 144 Å². The first-order valence-corrected chi connectivity index (χ1v) is 18.4. The molecule has 2 aliphatic heterocycles. The van der Waals surface area contributed by atoms with E-state index in [1.54, 1.807) is 0 Å². The van der Waals surface area contributed by atoms with Crippen molar-refractivity contribution in [3.63, 3.8) is 0 Å². The molecule has 6 aliphatic rings. The highest BCUT2D eigenvalue weighted by molar-refractivity contribution is 5.81. The van der Waals surface area contributed by atoms with Gasteiger partial charge in [0.05, 0.1) is 12.0 Å². The van der Waals surface area contributed by atoms with E-state index in [-0.39, 0.29) is 41.9 Å². The van der Waals surface area contributed by atoms with Gasteiger partial charge in [-0.1, -0.05) is 82.4 Å². The second-order valence-electron chi connectivity index (χ2n) is 15.1. The van der Waals surface area contributed by atoms with Crippen molar-refractivity contribution in [2.75, 3.05) is 19.7 Å². The molecule has 3 saturated carbocycles. The maximum absolute atomic E-state index is 14.1. The number of aryl methyl sites for hydroxylation is 1. The van der Waals surface area contributed by atoms with E-state index < -0.39 is 0 Å². The molecule has 5 fully saturated rings. The Morgan fingerprint density at radius 2 is 1.64 bits per heavy atom. The van der Waals surface area contributed by atoms with Gasteiger partial charge >= 0.3 is 0 Å². The van der Waals surface area contributed by atoms with Crippen LogP contribution in [0, 0.1) is 17.8 Å². The van der Waals surface area contributed by atoms with Crippen LogP contribution in [-0.4, -0.2) is 47.0 Å². The standard InChI is InChI=1S/C36H57N5O3/c42-23-11-22-41-25-31(35(40-41)20-9-5-2-6-10-21-35)34(43)37-32-19-15-26-24-27(14-18-30(26)32)33-38-36(44-39-33,29-16-17-29)28-12-7-3-1-4-8-13-28/h14,18,24,28-29,31-33,38-40,42H,1-13,15-17,19-23,25H2,(H,37,43)/t31?,32-,33?,36?/m1/s1. The van der Waals surface area contributed by atoms with Crippen molar-refractivity contribution in [2.24, 2.45) is 17.8 Å². The maximum Gasteiger partial charge on any atom is 0.226 e. The van der Waals surface area contributed by atoms with Gasteiger partial charge in [-0.3, -0.25) is 14.9 Å². The number of carbonyl (C=O) groups is 1. The molecule has 0 radical (unpaired) electrons. The normalized spacial score (nSPS) is 33.4. The zero-order valence-electron chi connectivity index (χ0n) is 26.9. The molecule has 2 saturated heterocycles. The van der Waals surface area contributed by atoms with Gasteiger partial charge in [0, 0.05) is 37.1 Å². The Balaban J connectivity index is 1.03. The van der Waals surface area contributed by atoms with Crippen LogP contribution in [-0.2, 0) is 16.1 Å². The Labute approximate surface area is 264 Å². The van der Waals surface area contributed by atoms with Crippen molar-refractivity contribution in [3.05, 3.63) is 34.9 Å². The number of nitrogens with zero attached hydrogens (tertiary/aromatic N) is 1. The third kappa shape index (κ3) is 6.37. The summed E-state index contributed by atoms with van der Waals surface area (Å²) in [6, 6.07) is 6.96. The summed E-state index contributed by atoms with van der Waals surface area (Å²) in [5.74, 6) is 1.33. The Bertz CT molecular complexity index is 1130. The first-order chi connectivity index (χ1) is 21.6. The SMILES string of the molecule is O=C(N[C@@H]1CCc2cc(C3NOC(C4CCCCCCC4)(C4CC4)N3)ccc21)C1CN(CCCO)NC12CCCCCCC2. The fourth-order valence-electron chi connectivity index (χ4n) is 9.54. The van der Waals surface area contributed by atoms with Crippen LogP contribution in [0.25, 0.3) is 0 Å². The highest BCUT2D eigenvalue weighted by Crippen LogP contribution is 2.50. The largest absolute Gasteiger partial charge is 0.396 e. The molecule has 0 bridgehead atoms. The lowest BCUT2D eigenvalue weighted by molar-refractivity contribution is -0.127. The number of carbonyl (C=O) groups excluding carboxylic acids is 1. The van der Waals surface area contributed by atoms with Crippen LogP contribution in [0.2, 0.25) is 0 Å². The van der Waals surface area contributed by atoms with Crippen LogP contribution in [0.4, 0.5) is 0 Å². The summed E-state index contributed by atoms with van der Waals surface area (Å²) in [4.78, 5) is 20.6. The van der Waals surface area contributed by atoms with Gasteiger partial charge in [-0.25, -0.2) is 10.4 Å². The van der Waals surface area contributed by atoms with E-state index in [9.17, 15) is 9.90 Å². The van der Waals surface area contributed by atoms with Crippen molar-refractivity contribution in [3.8, 4) is 0 Å². The molecule has 0 aromatic heterocycles. The summed E-state index contributed by atoms with van der Waals surface area (Å²) in [5, 5.41) is 19.2. The van der Waals surface area contributed by atoms with Gasteiger partial charge in [0.2, 0.25) is 5.91 Å². The molecule has 5 N–H and O–H groups in total. The predicted molar refractivity (Wildman–Crippen MR) is 172 cm³/mol. The lowest BCUT2D eigenvalue weighted by atomic mass is 9.75. The molecule has 7 rings (SSSR count). The fraction of sp³-hybridized carbons (Fsp3) is 0.806. The van der Waals surface area contributed by atoms with Crippen molar-refractivity contribution in [1.82, 2.24) is 26.5 Å². The highest BCUT2D eigenvalue weighted by Gasteiger charge is 2.56. The summed E-state index contributed by atoms with van der Waals surface area (Å²) in [7, 11) is 0. The molecule has 3 unspecified atom stereocenters. The number of rotatable bonds is 8. The molecule has 2 heterocycles. The molecular formula is C36H57N5O3. The molecule has 4 atom stereocenters. The summed E-state index contributed by atoms with van der Waals surface area (Å²) in [6.45, 7) is 1.70. The highest BCUT2D eigenvalue weighted by atomic mass is 16.7. The number of fused-ring (bicyclic) bond motifs is 1. The third-order valence-electron chi connectivity index (χ3n) is 12.1. The number of nitrogens with one attached hydrogen (secondary N) is 4. The number of hydrogen-bond donors (Lipinski definition) is 5. The Morgan fingerprint density at radius 3 is 2.36 bits per heavy atom. The van der Waals surface area contributed by atoms with Crippen molar-refractivity contribution in [2.45, 2.75) is 145 Å². The van der Waals surface area contributed by atoms with Gasteiger partial charge in [0.15, 0.2) is 0 Å². The van der Waals surface area contributed by atoms with Crippen LogP contribution < -0.4 is 21.5 Å². The average molecular weight is 608 g/mol. The van der Waals surface area contributed by atoms with E-state index in [0.29, 0.717) is 11.8 Å². The molecule has 1 aromatic rings. The van der Waals surface area contributed by atoms with Gasteiger partial charge in [0.1, 0.15) is 11.9 Å². The first kappa shape index (κ1) is 31.1. The minimum atomic E-state index is -0.231. The Morgan fingerprint density at radius 1 is 0.932 bits per heavy atom. The number of aliphatic hydroxyl groups is 1. The van der Waals surface area contributed by atoms with E-state index >= 15 is 0 Å². The monoisotopic (exact) mass is 607 g/mol. The zero-order chi connectivity index (χ0) is 30.0. The lowest BCUT2D eigenvalue weighted by Gasteiger charge is -2.37. The molecular weight excluding hydrogens is 550 g/mol. The number of aliphatic hydroxyl groups excluding tert-OH is 1. The van der Waals surface area contributed by atoms with Gasteiger partial charge in [-0.2, -0.15) is 5.48 Å². The fourth-order valence-corrected chi connectivity index (χ4v) is 9.54. The quantitative estimate of drug-likeness (QED) is 0.259. The van der Waals surface area contributed by atoms with E-state index in [2.05, 4.69) is 44.7 Å². The number of benzene rings is 1. The minimum absolute atomic E-state index is 0.00799. The number of hydrazine groups is 1. The van der Waals surface area contributed by atoms with Crippen LogP contribution in [0.5, 0.6) is 0 Å². The van der Waals surface area contributed by atoms with Crippen LogP contribution in [0.15, 0.2) is 18.2 Å². The van der Waals surface area contributed by atoms with Gasteiger partial charge < -0.3 is 10.4 Å². The molecule has 1 spiro atoms.